The molecule has 0 atom stereocenters. The van der Waals surface area contributed by atoms with Gasteiger partial charge in [-0.1, -0.05) is 72.3 Å². The first kappa shape index (κ1) is 19.7. The summed E-state index contributed by atoms with van der Waals surface area (Å²) in [5, 5.41) is 4.74. The summed E-state index contributed by atoms with van der Waals surface area (Å²) in [6.07, 6.45) is 0.901. The molecule has 0 spiro atoms. The van der Waals surface area contributed by atoms with E-state index in [9.17, 15) is 0 Å². The molecule has 0 fully saturated rings. The zero-order chi connectivity index (χ0) is 20.1. The number of rotatable bonds is 6. The van der Waals surface area contributed by atoms with E-state index in [1.807, 2.05) is 6.07 Å². The van der Waals surface area contributed by atoms with Crippen LogP contribution in [-0.2, 0) is 6.16 Å². The molecule has 0 saturated carbocycles. The zero-order valence-electron chi connectivity index (χ0n) is 16.3. The van der Waals surface area contributed by atoms with Crippen LogP contribution in [0.3, 0.4) is 0 Å². The van der Waals surface area contributed by atoms with E-state index in [4.69, 9.17) is 16.3 Å². The van der Waals surface area contributed by atoms with Gasteiger partial charge in [-0.2, -0.15) is 0 Å². The summed E-state index contributed by atoms with van der Waals surface area (Å²) in [6, 6.07) is 38.8. The van der Waals surface area contributed by atoms with Gasteiger partial charge in [-0.3, -0.25) is 0 Å². The topological polar surface area (TPSA) is 9.23 Å². The minimum Gasteiger partial charge on any atom is -0.495 e. The molecule has 144 valence electrons. The van der Waals surface area contributed by atoms with Gasteiger partial charge in [0.2, 0.25) is 0 Å². The second-order valence-electron chi connectivity index (χ2n) is 6.94. The lowest BCUT2D eigenvalue weighted by molar-refractivity contribution is 0.414. The normalized spacial score (nSPS) is 11.2. The third kappa shape index (κ3) is 3.94. The molecule has 0 unspecified atom stereocenters. The minimum absolute atomic E-state index is 0.638. The first-order valence-electron chi connectivity index (χ1n) is 9.61. The third-order valence-corrected chi connectivity index (χ3v) is 9.92. The van der Waals surface area contributed by atoms with Crippen molar-refractivity contribution in [3.63, 3.8) is 0 Å². The average molecular weight is 418 g/mol. The maximum absolute atomic E-state index is 6.30. The summed E-state index contributed by atoms with van der Waals surface area (Å²) in [5.74, 6) is 0.719. The predicted octanol–water partition coefficient (Wildman–Crippen LogP) is 5.84. The Balaban J connectivity index is 1.98. The van der Waals surface area contributed by atoms with Crippen molar-refractivity contribution in [3.05, 3.63) is 120 Å². The van der Waals surface area contributed by atoms with Crippen molar-refractivity contribution in [3.8, 4) is 5.75 Å². The second kappa shape index (κ2) is 8.82. The smallest absolute Gasteiger partial charge is 0.137 e. The van der Waals surface area contributed by atoms with Crippen LogP contribution < -0.4 is 20.7 Å². The Bertz CT molecular complexity index is 969. The predicted molar refractivity (Wildman–Crippen MR) is 127 cm³/mol. The molecular weight excluding hydrogens is 395 g/mol. The molecule has 0 saturated heterocycles. The van der Waals surface area contributed by atoms with Gasteiger partial charge < -0.3 is 4.74 Å². The summed E-state index contributed by atoms with van der Waals surface area (Å²) in [5.41, 5.74) is 1.22. The SMILES string of the molecule is COc1cc(C[P+](c2ccccc2)(c2ccccc2)c2ccccc2)ccc1Cl. The van der Waals surface area contributed by atoms with Crippen LogP contribution in [0.2, 0.25) is 5.02 Å². The van der Waals surface area contributed by atoms with Crippen molar-refractivity contribution in [1.82, 2.24) is 0 Å². The van der Waals surface area contributed by atoms with Crippen molar-refractivity contribution < 1.29 is 4.74 Å². The second-order valence-corrected chi connectivity index (χ2v) is 10.8. The largest absolute Gasteiger partial charge is 0.495 e. The number of methoxy groups -OCH3 is 1. The van der Waals surface area contributed by atoms with Crippen LogP contribution in [0.15, 0.2) is 109 Å². The highest BCUT2D eigenvalue weighted by Gasteiger charge is 2.45. The first-order chi connectivity index (χ1) is 14.2. The molecule has 4 rings (SSSR count). The van der Waals surface area contributed by atoms with Crippen LogP contribution in [0.4, 0.5) is 0 Å². The number of hydrogen-bond acceptors (Lipinski definition) is 1. The molecule has 0 aliphatic rings. The summed E-state index contributed by atoms with van der Waals surface area (Å²) in [4.78, 5) is 0. The lowest BCUT2D eigenvalue weighted by atomic mass is 10.2. The van der Waals surface area contributed by atoms with Crippen LogP contribution in [-0.4, -0.2) is 7.11 Å². The summed E-state index contributed by atoms with van der Waals surface area (Å²) >= 11 is 6.30. The van der Waals surface area contributed by atoms with Gasteiger partial charge in [-0.05, 0) is 54.1 Å². The van der Waals surface area contributed by atoms with E-state index >= 15 is 0 Å². The Labute approximate surface area is 178 Å². The molecule has 0 aliphatic carbocycles. The first-order valence-corrected chi connectivity index (χ1v) is 12.0. The van der Waals surface area contributed by atoms with Gasteiger partial charge in [0.1, 0.15) is 28.9 Å². The molecule has 0 radical (unpaired) electrons. The summed E-state index contributed by atoms with van der Waals surface area (Å²) in [7, 11) is -0.254. The van der Waals surface area contributed by atoms with Gasteiger partial charge >= 0.3 is 0 Å². The maximum atomic E-state index is 6.30. The Kier molecular flexibility index (Phi) is 6.00. The Morgan fingerprint density at radius 3 is 1.52 bits per heavy atom. The minimum atomic E-state index is -1.92. The van der Waals surface area contributed by atoms with Gasteiger partial charge in [-0.25, -0.2) is 0 Å². The van der Waals surface area contributed by atoms with Gasteiger partial charge in [0, 0.05) is 0 Å². The fourth-order valence-electron chi connectivity index (χ4n) is 3.84. The van der Waals surface area contributed by atoms with Crippen molar-refractivity contribution in [2.24, 2.45) is 0 Å². The monoisotopic (exact) mass is 417 g/mol. The standard InChI is InChI=1S/C26H23ClOP/c1-28-26-19-21(17-18-25(26)27)20-29(22-11-5-2-6-12-22,23-13-7-3-8-14-23)24-15-9-4-10-16-24/h2-19H,20H2,1H3/q+1. The zero-order valence-corrected chi connectivity index (χ0v) is 18.0. The average Bonchev–Trinajstić information content (AvgIpc) is 2.80. The van der Waals surface area contributed by atoms with Crippen LogP contribution in [0.25, 0.3) is 0 Å². The van der Waals surface area contributed by atoms with Crippen LogP contribution >= 0.6 is 18.9 Å². The highest BCUT2D eigenvalue weighted by molar-refractivity contribution is 7.95. The molecule has 29 heavy (non-hydrogen) atoms. The molecule has 4 aromatic rings. The quantitative estimate of drug-likeness (QED) is 0.358. The molecule has 0 amide bonds. The van der Waals surface area contributed by atoms with Crippen molar-refractivity contribution in [2.75, 3.05) is 7.11 Å². The maximum Gasteiger partial charge on any atom is 0.137 e. The van der Waals surface area contributed by atoms with E-state index < -0.39 is 7.26 Å². The van der Waals surface area contributed by atoms with E-state index in [0.29, 0.717) is 5.02 Å². The Morgan fingerprint density at radius 2 is 1.10 bits per heavy atom. The lowest BCUT2D eigenvalue weighted by Gasteiger charge is -2.28. The van der Waals surface area contributed by atoms with Crippen molar-refractivity contribution in [2.45, 2.75) is 6.16 Å². The van der Waals surface area contributed by atoms with Crippen LogP contribution in [0, 0.1) is 0 Å². The Morgan fingerprint density at radius 1 is 0.655 bits per heavy atom. The van der Waals surface area contributed by atoms with Crippen molar-refractivity contribution >= 4 is 34.8 Å². The molecule has 0 heterocycles. The van der Waals surface area contributed by atoms with Gasteiger partial charge in [0.15, 0.2) is 0 Å². The molecular formula is C26H23ClOP+. The van der Waals surface area contributed by atoms with Gasteiger partial charge in [0.25, 0.3) is 0 Å². The number of halogens is 1. The highest BCUT2D eigenvalue weighted by Crippen LogP contribution is 2.58. The third-order valence-electron chi connectivity index (χ3n) is 5.23. The number of hydrogen-bond donors (Lipinski definition) is 0. The fraction of sp³-hybridized carbons (Fsp3) is 0.0769. The van der Waals surface area contributed by atoms with Gasteiger partial charge in [0.05, 0.1) is 18.3 Å². The van der Waals surface area contributed by atoms with E-state index in [1.165, 1.54) is 21.5 Å². The van der Waals surface area contributed by atoms with Crippen LogP contribution in [0.1, 0.15) is 5.56 Å². The highest BCUT2D eigenvalue weighted by atomic mass is 35.5. The molecule has 0 bridgehead atoms. The van der Waals surface area contributed by atoms with Crippen molar-refractivity contribution in [1.29, 1.82) is 0 Å². The molecule has 1 nitrogen and oxygen atoms in total. The Hall–Kier alpha value is -2.60. The van der Waals surface area contributed by atoms with Gasteiger partial charge in [-0.15, -0.1) is 0 Å². The number of benzene rings is 4. The lowest BCUT2D eigenvalue weighted by Crippen LogP contribution is -2.32. The number of ether oxygens (including phenoxy) is 1. The molecule has 3 heteroatoms. The summed E-state index contributed by atoms with van der Waals surface area (Å²) < 4.78 is 5.50. The van der Waals surface area contributed by atoms with E-state index in [2.05, 4.69) is 103 Å². The molecule has 0 N–H and O–H groups in total. The van der Waals surface area contributed by atoms with E-state index in [-0.39, 0.29) is 0 Å². The summed E-state index contributed by atoms with van der Waals surface area (Å²) in [6.45, 7) is 0. The fourth-order valence-corrected chi connectivity index (χ4v) is 8.27. The van der Waals surface area contributed by atoms with E-state index in [0.717, 1.165) is 11.9 Å². The molecule has 4 aromatic carbocycles. The molecule has 0 aliphatic heterocycles. The van der Waals surface area contributed by atoms with Crippen LogP contribution in [0.5, 0.6) is 5.75 Å². The van der Waals surface area contributed by atoms with E-state index in [1.54, 1.807) is 7.11 Å². The molecule has 0 aromatic heterocycles.